The highest BCUT2D eigenvalue weighted by Gasteiger charge is 2.11. The summed E-state index contributed by atoms with van der Waals surface area (Å²) in [7, 11) is 1.34. The number of benzene rings is 1. The van der Waals surface area contributed by atoms with E-state index in [4.69, 9.17) is 20.5 Å². The number of azide groups is 2. The van der Waals surface area contributed by atoms with E-state index >= 15 is 0 Å². The molecule has 0 aliphatic heterocycles. The summed E-state index contributed by atoms with van der Waals surface area (Å²) in [6.07, 6.45) is 1.67. The van der Waals surface area contributed by atoms with E-state index < -0.39 is 17.8 Å². The molecule has 1 aromatic rings. The molecule has 1 aromatic carbocycles. The van der Waals surface area contributed by atoms with Gasteiger partial charge in [0.2, 0.25) is 0 Å². The predicted octanol–water partition coefficient (Wildman–Crippen LogP) is 4.15. The van der Waals surface area contributed by atoms with Gasteiger partial charge in [-0.3, -0.25) is 0 Å². The summed E-state index contributed by atoms with van der Waals surface area (Å²) in [5.41, 5.74) is 16.8. The standard InChI is InChI=1S/C14H17FN6O3/c1-23-13-6-5-10(8-12(13)15)14(22)24-7-3-2-4-11(19-21-17)9-18-20-16/h5-6,8,11H,2-4,7,9H2,1H3. The van der Waals surface area contributed by atoms with Crippen LogP contribution in [-0.4, -0.2) is 32.3 Å². The first kappa shape index (κ1) is 19.1. The fraction of sp³-hybridized carbons (Fsp3) is 0.500. The number of halogens is 1. The Labute approximate surface area is 137 Å². The maximum atomic E-state index is 13.5. The molecule has 0 N–H and O–H groups in total. The van der Waals surface area contributed by atoms with Gasteiger partial charge < -0.3 is 9.47 Å². The fourth-order valence-corrected chi connectivity index (χ4v) is 1.91. The lowest BCUT2D eigenvalue weighted by Gasteiger charge is -2.08. The Morgan fingerprint density at radius 3 is 2.75 bits per heavy atom. The molecule has 10 heteroatoms. The van der Waals surface area contributed by atoms with Gasteiger partial charge >= 0.3 is 5.97 Å². The number of hydrogen-bond donors (Lipinski definition) is 0. The van der Waals surface area contributed by atoms with Crippen molar-refractivity contribution in [2.45, 2.75) is 25.3 Å². The van der Waals surface area contributed by atoms with Gasteiger partial charge in [-0.05, 0) is 48.5 Å². The van der Waals surface area contributed by atoms with Crippen LogP contribution in [0.1, 0.15) is 29.6 Å². The topological polar surface area (TPSA) is 133 Å². The van der Waals surface area contributed by atoms with Gasteiger partial charge in [0.05, 0.1) is 19.3 Å². The van der Waals surface area contributed by atoms with Crippen LogP contribution in [0.15, 0.2) is 28.4 Å². The zero-order valence-corrected chi connectivity index (χ0v) is 13.1. The molecule has 0 spiro atoms. The SMILES string of the molecule is COc1ccc(C(=O)OCCCCC(CN=[N+]=[N-])N=[N+]=[N-])cc1F. The minimum Gasteiger partial charge on any atom is -0.494 e. The van der Waals surface area contributed by atoms with E-state index in [9.17, 15) is 9.18 Å². The second-order valence-corrected chi connectivity index (χ2v) is 4.75. The van der Waals surface area contributed by atoms with Gasteiger partial charge in [-0.25, -0.2) is 9.18 Å². The maximum absolute atomic E-state index is 13.5. The van der Waals surface area contributed by atoms with Crippen LogP contribution in [0.25, 0.3) is 20.9 Å². The van der Waals surface area contributed by atoms with Crippen LogP contribution in [-0.2, 0) is 4.74 Å². The number of unbranched alkanes of at least 4 members (excludes halogenated alkanes) is 1. The quantitative estimate of drug-likeness (QED) is 0.209. The zero-order chi connectivity index (χ0) is 17.8. The molecule has 0 aromatic heterocycles. The van der Waals surface area contributed by atoms with E-state index in [2.05, 4.69) is 20.1 Å². The molecule has 0 saturated carbocycles. The third kappa shape index (κ3) is 6.43. The lowest BCUT2D eigenvalue weighted by molar-refractivity contribution is 0.0497. The Kier molecular flexibility index (Phi) is 8.52. The predicted molar refractivity (Wildman–Crippen MR) is 84.0 cm³/mol. The Morgan fingerprint density at radius 2 is 2.12 bits per heavy atom. The number of nitrogens with zero attached hydrogens (tertiary/aromatic N) is 6. The van der Waals surface area contributed by atoms with Crippen LogP contribution >= 0.6 is 0 Å². The number of carbonyl (C=O) groups is 1. The van der Waals surface area contributed by atoms with E-state index in [1.807, 2.05) is 0 Å². The van der Waals surface area contributed by atoms with Crippen LogP contribution in [0.3, 0.4) is 0 Å². The number of esters is 1. The van der Waals surface area contributed by atoms with E-state index in [-0.39, 0.29) is 24.5 Å². The maximum Gasteiger partial charge on any atom is 0.338 e. The minimum absolute atomic E-state index is 0.0515. The van der Waals surface area contributed by atoms with Gasteiger partial charge in [-0.2, -0.15) is 0 Å². The van der Waals surface area contributed by atoms with Crippen molar-refractivity contribution in [3.8, 4) is 5.75 Å². The fourth-order valence-electron chi connectivity index (χ4n) is 1.91. The van der Waals surface area contributed by atoms with Crippen molar-refractivity contribution >= 4 is 5.97 Å². The summed E-state index contributed by atoms with van der Waals surface area (Å²) < 4.78 is 23.3. The molecule has 1 rings (SSSR count). The van der Waals surface area contributed by atoms with Gasteiger partial charge in [0, 0.05) is 22.4 Å². The molecular weight excluding hydrogens is 319 g/mol. The Bertz CT molecular complexity index is 656. The van der Waals surface area contributed by atoms with Crippen LogP contribution in [0.4, 0.5) is 4.39 Å². The van der Waals surface area contributed by atoms with E-state index in [0.717, 1.165) is 6.07 Å². The van der Waals surface area contributed by atoms with Crippen molar-refractivity contribution < 1.29 is 18.7 Å². The van der Waals surface area contributed by atoms with Crippen molar-refractivity contribution in [3.05, 3.63) is 50.5 Å². The minimum atomic E-state index is -0.637. The molecule has 0 heterocycles. The van der Waals surface area contributed by atoms with Gasteiger partial charge in [-0.1, -0.05) is 10.2 Å². The van der Waals surface area contributed by atoms with Gasteiger partial charge in [0.15, 0.2) is 11.6 Å². The van der Waals surface area contributed by atoms with Gasteiger partial charge in [-0.15, -0.1) is 0 Å². The second kappa shape index (κ2) is 10.7. The zero-order valence-electron chi connectivity index (χ0n) is 13.1. The summed E-state index contributed by atoms with van der Waals surface area (Å²) in [5.74, 6) is -1.21. The molecule has 9 nitrogen and oxygen atoms in total. The van der Waals surface area contributed by atoms with Crippen molar-refractivity contribution in [1.29, 1.82) is 0 Å². The second-order valence-electron chi connectivity index (χ2n) is 4.75. The number of ether oxygens (including phenoxy) is 2. The van der Waals surface area contributed by atoms with Crippen LogP contribution in [0, 0.1) is 5.82 Å². The van der Waals surface area contributed by atoms with E-state index in [0.29, 0.717) is 19.3 Å². The molecule has 24 heavy (non-hydrogen) atoms. The highest BCUT2D eigenvalue weighted by molar-refractivity contribution is 5.89. The number of methoxy groups -OCH3 is 1. The van der Waals surface area contributed by atoms with Crippen LogP contribution in [0.5, 0.6) is 5.75 Å². The van der Waals surface area contributed by atoms with Crippen molar-refractivity contribution in [2.24, 2.45) is 10.2 Å². The van der Waals surface area contributed by atoms with Gasteiger partial charge in [0.1, 0.15) is 0 Å². The summed E-state index contributed by atoms with van der Waals surface area (Å²) >= 11 is 0. The molecule has 128 valence electrons. The third-order valence-electron chi connectivity index (χ3n) is 3.12. The first-order valence-electron chi connectivity index (χ1n) is 7.18. The molecule has 0 amide bonds. The highest BCUT2D eigenvalue weighted by atomic mass is 19.1. The van der Waals surface area contributed by atoms with Gasteiger partial charge in [0.25, 0.3) is 0 Å². The summed E-state index contributed by atoms with van der Waals surface area (Å²) in [6.45, 7) is 0.239. The third-order valence-corrected chi connectivity index (χ3v) is 3.12. The lowest BCUT2D eigenvalue weighted by atomic mass is 10.1. The molecule has 0 radical (unpaired) electrons. The summed E-state index contributed by atoms with van der Waals surface area (Å²) in [5, 5.41) is 6.89. The average molecular weight is 336 g/mol. The molecule has 0 saturated heterocycles. The van der Waals surface area contributed by atoms with Crippen LogP contribution in [0.2, 0.25) is 0 Å². The first-order chi connectivity index (χ1) is 11.6. The summed E-state index contributed by atoms with van der Waals surface area (Å²) in [6, 6.07) is 3.41. The van der Waals surface area contributed by atoms with Crippen molar-refractivity contribution in [2.75, 3.05) is 20.3 Å². The molecular formula is C14H17FN6O3. The highest BCUT2D eigenvalue weighted by Crippen LogP contribution is 2.18. The Balaban J connectivity index is 2.36. The largest absolute Gasteiger partial charge is 0.494 e. The molecule has 1 unspecified atom stereocenters. The lowest BCUT2D eigenvalue weighted by Crippen LogP contribution is -2.10. The van der Waals surface area contributed by atoms with E-state index in [1.54, 1.807) is 0 Å². The molecule has 0 aliphatic carbocycles. The molecule has 0 fully saturated rings. The molecule has 0 aliphatic rings. The normalized spacial score (nSPS) is 10.9. The van der Waals surface area contributed by atoms with E-state index in [1.165, 1.54) is 19.2 Å². The number of rotatable bonds is 10. The average Bonchev–Trinajstić information content (AvgIpc) is 2.58. The van der Waals surface area contributed by atoms with Crippen molar-refractivity contribution in [3.63, 3.8) is 0 Å². The molecule has 1 atom stereocenters. The van der Waals surface area contributed by atoms with Crippen LogP contribution < -0.4 is 4.74 Å². The number of carbonyl (C=O) groups excluding carboxylic acids is 1. The molecule has 0 bridgehead atoms. The monoisotopic (exact) mass is 336 g/mol. The smallest absolute Gasteiger partial charge is 0.338 e. The first-order valence-corrected chi connectivity index (χ1v) is 7.18. The Hall–Kier alpha value is -2.96. The summed E-state index contributed by atoms with van der Waals surface area (Å²) in [4.78, 5) is 17.1. The number of hydrogen-bond acceptors (Lipinski definition) is 5. The Morgan fingerprint density at radius 1 is 1.33 bits per heavy atom. The van der Waals surface area contributed by atoms with Crippen molar-refractivity contribution in [1.82, 2.24) is 0 Å².